The van der Waals surface area contributed by atoms with Crippen LogP contribution in [0.3, 0.4) is 0 Å². The van der Waals surface area contributed by atoms with Crippen molar-refractivity contribution in [3.05, 3.63) is 10.6 Å². The Labute approximate surface area is 192 Å². The van der Waals surface area contributed by atoms with Gasteiger partial charge in [0, 0.05) is 49.3 Å². The molecular formula is C19H31N5O6S2. The third kappa shape index (κ3) is 4.53. The molecular weight excluding hydrogens is 458 g/mol. The molecule has 0 unspecified atom stereocenters. The number of aliphatic carboxylic acids is 1. The highest BCUT2D eigenvalue weighted by atomic mass is 32.2. The third-order valence-electron chi connectivity index (χ3n) is 6.21. The standard InChI is InChI=1S/C19H31N5O6S2/c1-9-14-13(10(2)22-32(29,30)6-5-20)18(26)24(14)15(19(27)28)16(9)31-11-7-12(21-8-11)17(25)23(3)4/h9-14,21-22H,5-8,20H2,1-4H3,(H,27,28)/t9-,10-,11+,12+,13-,14-/m1/s1. The maximum absolute atomic E-state index is 12.9. The van der Waals surface area contributed by atoms with Gasteiger partial charge < -0.3 is 26.0 Å². The van der Waals surface area contributed by atoms with Gasteiger partial charge in [-0.1, -0.05) is 6.92 Å². The van der Waals surface area contributed by atoms with Crippen LogP contribution in [0.1, 0.15) is 20.3 Å². The van der Waals surface area contributed by atoms with Gasteiger partial charge in [-0.3, -0.25) is 9.59 Å². The largest absolute Gasteiger partial charge is 0.477 e. The number of β-lactam (4-membered cyclic amide) rings is 1. The van der Waals surface area contributed by atoms with E-state index in [1.165, 1.54) is 21.6 Å². The molecule has 0 radical (unpaired) electrons. The number of carbonyl (C=O) groups excluding carboxylic acids is 2. The smallest absolute Gasteiger partial charge is 0.353 e. The van der Waals surface area contributed by atoms with E-state index in [0.717, 1.165) is 0 Å². The van der Waals surface area contributed by atoms with Gasteiger partial charge in [-0.2, -0.15) is 0 Å². The molecule has 3 aliphatic heterocycles. The third-order valence-corrected chi connectivity index (χ3v) is 9.22. The molecule has 0 aromatic rings. The van der Waals surface area contributed by atoms with E-state index >= 15 is 0 Å². The fourth-order valence-corrected chi connectivity index (χ4v) is 7.36. The Morgan fingerprint density at radius 1 is 1.41 bits per heavy atom. The first-order chi connectivity index (χ1) is 14.9. The van der Waals surface area contributed by atoms with Crippen molar-refractivity contribution < 1.29 is 27.9 Å². The summed E-state index contributed by atoms with van der Waals surface area (Å²) in [4.78, 5) is 40.6. The minimum Gasteiger partial charge on any atom is -0.477 e. The molecule has 3 aliphatic rings. The summed E-state index contributed by atoms with van der Waals surface area (Å²) < 4.78 is 26.7. The van der Waals surface area contributed by atoms with Gasteiger partial charge in [-0.15, -0.1) is 11.8 Å². The number of amides is 2. The molecule has 32 heavy (non-hydrogen) atoms. The molecule has 0 aromatic carbocycles. The lowest BCUT2D eigenvalue weighted by atomic mass is 9.78. The number of carboxylic acids is 1. The maximum Gasteiger partial charge on any atom is 0.353 e. The molecule has 6 atom stereocenters. The predicted molar refractivity (Wildman–Crippen MR) is 120 cm³/mol. The van der Waals surface area contributed by atoms with Gasteiger partial charge in [0.1, 0.15) is 5.70 Å². The summed E-state index contributed by atoms with van der Waals surface area (Å²) in [5.74, 6) is -2.78. The van der Waals surface area contributed by atoms with Gasteiger partial charge in [0.2, 0.25) is 21.8 Å². The van der Waals surface area contributed by atoms with Crippen LogP contribution in [0.5, 0.6) is 0 Å². The molecule has 13 heteroatoms. The van der Waals surface area contributed by atoms with Gasteiger partial charge in [0.15, 0.2) is 0 Å². The maximum atomic E-state index is 12.9. The molecule has 0 saturated carbocycles. The Kier molecular flexibility index (Phi) is 7.25. The van der Waals surface area contributed by atoms with Crippen LogP contribution in [0, 0.1) is 11.8 Å². The normalized spacial score (nSPS) is 30.8. The van der Waals surface area contributed by atoms with Crippen LogP contribution in [0.4, 0.5) is 0 Å². The number of nitrogens with zero attached hydrogens (tertiary/aromatic N) is 2. The van der Waals surface area contributed by atoms with E-state index < -0.39 is 39.9 Å². The van der Waals surface area contributed by atoms with Crippen molar-refractivity contribution in [2.75, 3.05) is 32.9 Å². The van der Waals surface area contributed by atoms with Crippen LogP contribution in [0.2, 0.25) is 0 Å². The number of nitrogens with one attached hydrogen (secondary N) is 2. The molecule has 5 N–H and O–H groups in total. The van der Waals surface area contributed by atoms with Crippen LogP contribution >= 0.6 is 11.8 Å². The van der Waals surface area contributed by atoms with Crippen LogP contribution in [-0.2, 0) is 24.4 Å². The average Bonchev–Trinajstić information content (AvgIpc) is 3.23. The lowest BCUT2D eigenvalue weighted by Crippen LogP contribution is -2.66. The Balaban J connectivity index is 1.76. The highest BCUT2D eigenvalue weighted by Crippen LogP contribution is 2.51. The second kappa shape index (κ2) is 9.29. The van der Waals surface area contributed by atoms with Crippen LogP contribution < -0.4 is 15.8 Å². The monoisotopic (exact) mass is 489 g/mol. The second-order valence-electron chi connectivity index (χ2n) is 8.71. The fourth-order valence-electron chi connectivity index (χ4n) is 4.74. The first-order valence-corrected chi connectivity index (χ1v) is 13.0. The molecule has 0 spiro atoms. The summed E-state index contributed by atoms with van der Waals surface area (Å²) in [5.41, 5.74) is 5.31. The van der Waals surface area contributed by atoms with E-state index in [0.29, 0.717) is 17.9 Å². The van der Waals surface area contributed by atoms with E-state index in [1.54, 1.807) is 21.0 Å². The van der Waals surface area contributed by atoms with Crippen molar-refractivity contribution in [2.24, 2.45) is 17.6 Å². The Morgan fingerprint density at radius 2 is 2.06 bits per heavy atom. The molecule has 3 rings (SSSR count). The summed E-state index contributed by atoms with van der Waals surface area (Å²) in [6, 6.07) is -1.44. The molecule has 3 heterocycles. The quantitative estimate of drug-likeness (QED) is 0.285. The number of rotatable bonds is 9. The van der Waals surface area contributed by atoms with E-state index in [9.17, 15) is 27.9 Å². The second-order valence-corrected chi connectivity index (χ2v) is 11.9. The van der Waals surface area contributed by atoms with Crippen LogP contribution in [0.15, 0.2) is 10.6 Å². The SMILES string of the molecule is C[C@@H](NS(=O)(=O)CCN)[C@H]1C(=O)N2C(C(=O)O)=C(S[C@@H]3CN[C@H](C(=O)N(C)C)C3)[C@H](C)[C@H]12. The molecule has 0 aromatic heterocycles. The molecule has 0 aliphatic carbocycles. The number of hydrogen-bond acceptors (Lipinski definition) is 8. The topological polar surface area (TPSA) is 162 Å². The first kappa shape index (κ1) is 25.0. The van der Waals surface area contributed by atoms with Crippen molar-refractivity contribution in [3.8, 4) is 0 Å². The Morgan fingerprint density at radius 3 is 2.62 bits per heavy atom. The predicted octanol–water partition coefficient (Wildman–Crippen LogP) is -1.42. The molecule has 11 nitrogen and oxygen atoms in total. The highest BCUT2D eigenvalue weighted by molar-refractivity contribution is 8.03. The summed E-state index contributed by atoms with van der Waals surface area (Å²) in [7, 11) is -0.253. The zero-order valence-electron chi connectivity index (χ0n) is 18.6. The molecule has 2 amide bonds. The number of carboxylic acid groups (broad SMARTS) is 1. The van der Waals surface area contributed by atoms with Crippen molar-refractivity contribution in [2.45, 2.75) is 43.6 Å². The van der Waals surface area contributed by atoms with Gasteiger partial charge in [-0.25, -0.2) is 17.9 Å². The number of sulfonamides is 1. The van der Waals surface area contributed by atoms with Crippen molar-refractivity contribution >= 4 is 39.6 Å². The Bertz CT molecular complexity index is 936. The minimum absolute atomic E-state index is 0.0107. The average molecular weight is 490 g/mol. The highest BCUT2D eigenvalue weighted by Gasteiger charge is 2.60. The van der Waals surface area contributed by atoms with Crippen molar-refractivity contribution in [1.29, 1.82) is 0 Å². The summed E-state index contributed by atoms with van der Waals surface area (Å²) in [5, 5.41) is 13.0. The lowest BCUT2D eigenvalue weighted by molar-refractivity contribution is -0.157. The number of thioether (sulfide) groups is 1. The summed E-state index contributed by atoms with van der Waals surface area (Å²) in [6.45, 7) is 3.99. The zero-order valence-corrected chi connectivity index (χ0v) is 20.2. The van der Waals surface area contributed by atoms with Gasteiger partial charge >= 0.3 is 5.97 Å². The van der Waals surface area contributed by atoms with Crippen molar-refractivity contribution in [3.63, 3.8) is 0 Å². The number of carbonyl (C=O) groups is 3. The molecule has 2 fully saturated rings. The first-order valence-electron chi connectivity index (χ1n) is 10.5. The lowest BCUT2D eigenvalue weighted by Gasteiger charge is -2.47. The molecule has 0 bridgehead atoms. The summed E-state index contributed by atoms with van der Waals surface area (Å²) in [6.07, 6.45) is 0.558. The molecule has 2 saturated heterocycles. The van der Waals surface area contributed by atoms with E-state index in [-0.39, 0.29) is 41.1 Å². The molecule has 180 valence electrons. The number of hydrogen-bond donors (Lipinski definition) is 4. The number of fused-ring (bicyclic) bond motifs is 1. The van der Waals surface area contributed by atoms with E-state index in [4.69, 9.17) is 5.73 Å². The zero-order chi connectivity index (χ0) is 24.0. The van der Waals surface area contributed by atoms with Gasteiger partial charge in [0.05, 0.1) is 23.8 Å². The van der Waals surface area contributed by atoms with Crippen molar-refractivity contribution in [1.82, 2.24) is 19.8 Å². The van der Waals surface area contributed by atoms with Crippen LogP contribution in [0.25, 0.3) is 0 Å². The van der Waals surface area contributed by atoms with Crippen LogP contribution in [-0.4, -0.2) is 97.4 Å². The van der Waals surface area contributed by atoms with Gasteiger partial charge in [0.25, 0.3) is 0 Å². The Hall–Kier alpha value is -1.67. The van der Waals surface area contributed by atoms with E-state index in [2.05, 4.69) is 10.0 Å². The number of likely N-dealkylation sites (N-methyl/N-ethyl adjacent to an activating group) is 1. The number of nitrogens with two attached hydrogens (primary N) is 1. The fraction of sp³-hybridized carbons (Fsp3) is 0.737. The van der Waals surface area contributed by atoms with E-state index in [1.807, 2.05) is 6.92 Å². The summed E-state index contributed by atoms with van der Waals surface area (Å²) >= 11 is 1.39. The minimum atomic E-state index is -3.63. The van der Waals surface area contributed by atoms with Gasteiger partial charge in [-0.05, 0) is 13.3 Å².